The molecule has 5 nitrogen and oxygen atoms in total. The zero-order valence-corrected chi connectivity index (χ0v) is 11.5. The van der Waals surface area contributed by atoms with E-state index in [-0.39, 0.29) is 17.8 Å². The molecule has 2 aromatic heterocycles. The summed E-state index contributed by atoms with van der Waals surface area (Å²) in [6.07, 6.45) is 5.68. The quantitative estimate of drug-likeness (QED) is 0.908. The average molecular weight is 271 g/mol. The second kappa shape index (κ2) is 6.65. The third-order valence-corrected chi connectivity index (χ3v) is 2.85. The summed E-state index contributed by atoms with van der Waals surface area (Å²) in [4.78, 5) is 20.3. The minimum absolute atomic E-state index is 0.106. The number of rotatable bonds is 5. The highest BCUT2D eigenvalue weighted by atomic mass is 16.5. The van der Waals surface area contributed by atoms with Crippen LogP contribution in [0.1, 0.15) is 30.6 Å². The van der Waals surface area contributed by atoms with Crippen LogP contribution in [0.2, 0.25) is 0 Å². The molecule has 0 aliphatic carbocycles. The van der Waals surface area contributed by atoms with Crippen LogP contribution in [0.25, 0.3) is 0 Å². The molecule has 104 valence electrons. The Hall–Kier alpha value is -2.43. The van der Waals surface area contributed by atoms with Crippen LogP contribution >= 0.6 is 0 Å². The molecular weight excluding hydrogens is 254 g/mol. The molecule has 0 saturated carbocycles. The van der Waals surface area contributed by atoms with Gasteiger partial charge in [0.15, 0.2) is 0 Å². The normalized spacial score (nSPS) is 11.7. The summed E-state index contributed by atoms with van der Waals surface area (Å²) < 4.78 is 5.61. The summed E-state index contributed by atoms with van der Waals surface area (Å²) in [6, 6.07) is 7.03. The first kappa shape index (κ1) is 14.0. The summed E-state index contributed by atoms with van der Waals surface area (Å²) in [6.45, 7) is 3.97. The van der Waals surface area contributed by atoms with Crippen LogP contribution in [0.4, 0.5) is 0 Å². The fourth-order valence-corrected chi connectivity index (χ4v) is 1.57. The molecule has 1 amide bonds. The zero-order valence-electron chi connectivity index (χ0n) is 11.5. The molecular formula is C15H17N3O2. The van der Waals surface area contributed by atoms with Crippen LogP contribution in [0, 0.1) is 0 Å². The third kappa shape index (κ3) is 3.54. The Kier molecular flexibility index (Phi) is 4.65. The predicted octanol–water partition coefficient (Wildman–Crippen LogP) is 2.80. The van der Waals surface area contributed by atoms with Gasteiger partial charge in [0.05, 0.1) is 6.20 Å². The number of nitrogens with zero attached hydrogens (tertiary/aromatic N) is 2. The molecule has 0 saturated heterocycles. The second-order valence-corrected chi connectivity index (χ2v) is 4.43. The van der Waals surface area contributed by atoms with E-state index in [0.29, 0.717) is 11.3 Å². The Bertz CT molecular complexity index is 572. The van der Waals surface area contributed by atoms with Gasteiger partial charge < -0.3 is 10.1 Å². The van der Waals surface area contributed by atoms with Gasteiger partial charge in [-0.25, -0.2) is 4.98 Å². The minimum Gasteiger partial charge on any atom is -0.437 e. The van der Waals surface area contributed by atoms with Crippen molar-refractivity contribution >= 4 is 5.91 Å². The van der Waals surface area contributed by atoms with Crippen LogP contribution in [-0.4, -0.2) is 21.9 Å². The second-order valence-electron chi connectivity index (χ2n) is 4.43. The Morgan fingerprint density at radius 1 is 1.35 bits per heavy atom. The van der Waals surface area contributed by atoms with E-state index in [1.165, 1.54) is 0 Å². The summed E-state index contributed by atoms with van der Waals surface area (Å²) in [7, 11) is 0. The Balaban J connectivity index is 2.20. The van der Waals surface area contributed by atoms with Crippen LogP contribution < -0.4 is 10.1 Å². The number of hydrogen-bond donors (Lipinski definition) is 1. The van der Waals surface area contributed by atoms with E-state index in [9.17, 15) is 4.79 Å². The first-order chi connectivity index (χ1) is 9.70. The van der Waals surface area contributed by atoms with E-state index < -0.39 is 0 Å². The van der Waals surface area contributed by atoms with Crippen molar-refractivity contribution in [3.63, 3.8) is 0 Å². The number of nitrogens with one attached hydrogen (secondary N) is 1. The van der Waals surface area contributed by atoms with Gasteiger partial charge in [-0.2, -0.15) is 0 Å². The molecule has 1 N–H and O–H groups in total. The van der Waals surface area contributed by atoms with E-state index in [0.717, 1.165) is 6.42 Å². The number of amides is 1. The summed E-state index contributed by atoms with van der Waals surface area (Å²) in [5.74, 6) is 0.636. The van der Waals surface area contributed by atoms with Crippen molar-refractivity contribution in [2.24, 2.45) is 0 Å². The molecule has 0 spiro atoms. The number of ether oxygens (including phenoxy) is 1. The monoisotopic (exact) mass is 271 g/mol. The van der Waals surface area contributed by atoms with Gasteiger partial charge >= 0.3 is 0 Å². The topological polar surface area (TPSA) is 64.1 Å². The maximum Gasteiger partial charge on any atom is 0.256 e. The van der Waals surface area contributed by atoms with E-state index in [4.69, 9.17) is 4.74 Å². The molecule has 1 atom stereocenters. The first-order valence-electron chi connectivity index (χ1n) is 6.54. The van der Waals surface area contributed by atoms with Crippen LogP contribution in [0.15, 0.2) is 42.9 Å². The van der Waals surface area contributed by atoms with E-state index in [1.807, 2.05) is 13.8 Å². The first-order valence-corrected chi connectivity index (χ1v) is 6.54. The van der Waals surface area contributed by atoms with Crippen molar-refractivity contribution in [3.05, 3.63) is 48.4 Å². The molecule has 0 aliphatic heterocycles. The SMILES string of the molecule is CC[C@H](C)NC(=O)c1cccnc1Oc1cccnc1. The fraction of sp³-hybridized carbons (Fsp3) is 0.267. The zero-order chi connectivity index (χ0) is 14.4. The van der Waals surface area contributed by atoms with Crippen LogP contribution in [0.3, 0.4) is 0 Å². The van der Waals surface area contributed by atoms with Gasteiger partial charge in [0.25, 0.3) is 5.91 Å². The van der Waals surface area contributed by atoms with Crippen molar-refractivity contribution < 1.29 is 9.53 Å². The van der Waals surface area contributed by atoms with Crippen LogP contribution in [-0.2, 0) is 0 Å². The van der Waals surface area contributed by atoms with Gasteiger partial charge in [0.2, 0.25) is 5.88 Å². The third-order valence-electron chi connectivity index (χ3n) is 2.85. The molecule has 0 unspecified atom stereocenters. The lowest BCUT2D eigenvalue weighted by molar-refractivity contribution is 0.0936. The highest BCUT2D eigenvalue weighted by Crippen LogP contribution is 2.21. The number of carbonyl (C=O) groups is 1. The summed E-state index contributed by atoms with van der Waals surface area (Å²) >= 11 is 0. The number of carbonyl (C=O) groups excluding carboxylic acids is 1. The van der Waals surface area contributed by atoms with Gasteiger partial charge in [0, 0.05) is 18.4 Å². The standard InChI is InChI=1S/C15H17N3O2/c1-3-11(2)18-14(19)13-7-5-9-17-15(13)20-12-6-4-8-16-10-12/h4-11H,3H2,1-2H3,(H,18,19)/t11-/m0/s1. The van der Waals surface area contributed by atoms with Gasteiger partial charge in [-0.3, -0.25) is 9.78 Å². The van der Waals surface area contributed by atoms with Gasteiger partial charge in [-0.1, -0.05) is 6.92 Å². The van der Waals surface area contributed by atoms with E-state index in [2.05, 4.69) is 15.3 Å². The predicted molar refractivity (Wildman–Crippen MR) is 75.8 cm³/mol. The van der Waals surface area contributed by atoms with Crippen molar-refractivity contribution in [1.29, 1.82) is 0 Å². The van der Waals surface area contributed by atoms with Gasteiger partial charge in [-0.05, 0) is 37.6 Å². The highest BCUT2D eigenvalue weighted by Gasteiger charge is 2.15. The molecule has 0 aromatic carbocycles. The molecule has 2 heterocycles. The summed E-state index contributed by atoms with van der Waals surface area (Å²) in [5.41, 5.74) is 0.414. The molecule has 5 heteroatoms. The summed E-state index contributed by atoms with van der Waals surface area (Å²) in [5, 5.41) is 2.90. The molecule has 2 aromatic rings. The molecule has 2 rings (SSSR count). The average Bonchev–Trinajstić information content (AvgIpc) is 2.48. The lowest BCUT2D eigenvalue weighted by Crippen LogP contribution is -2.32. The number of hydrogen-bond acceptors (Lipinski definition) is 4. The van der Waals surface area contributed by atoms with Gasteiger partial charge in [0.1, 0.15) is 11.3 Å². The lowest BCUT2D eigenvalue weighted by Gasteiger charge is -2.13. The van der Waals surface area contributed by atoms with E-state index in [1.54, 1.807) is 42.9 Å². The van der Waals surface area contributed by atoms with Crippen molar-refractivity contribution in [2.75, 3.05) is 0 Å². The highest BCUT2D eigenvalue weighted by molar-refractivity contribution is 5.96. The van der Waals surface area contributed by atoms with Crippen molar-refractivity contribution in [3.8, 4) is 11.6 Å². The number of aromatic nitrogens is 2. The maximum absolute atomic E-state index is 12.2. The maximum atomic E-state index is 12.2. The Morgan fingerprint density at radius 2 is 2.15 bits per heavy atom. The van der Waals surface area contributed by atoms with Crippen LogP contribution in [0.5, 0.6) is 11.6 Å². The smallest absolute Gasteiger partial charge is 0.256 e. The van der Waals surface area contributed by atoms with Crippen molar-refractivity contribution in [2.45, 2.75) is 26.3 Å². The largest absolute Gasteiger partial charge is 0.437 e. The number of pyridine rings is 2. The molecule has 20 heavy (non-hydrogen) atoms. The molecule has 0 aliphatic rings. The lowest BCUT2D eigenvalue weighted by atomic mass is 10.2. The van der Waals surface area contributed by atoms with E-state index >= 15 is 0 Å². The van der Waals surface area contributed by atoms with Crippen molar-refractivity contribution in [1.82, 2.24) is 15.3 Å². The molecule has 0 bridgehead atoms. The fourth-order valence-electron chi connectivity index (χ4n) is 1.57. The Morgan fingerprint density at radius 3 is 2.85 bits per heavy atom. The van der Waals surface area contributed by atoms with Gasteiger partial charge in [-0.15, -0.1) is 0 Å². The molecule has 0 radical (unpaired) electrons. The Labute approximate surface area is 118 Å². The molecule has 0 fully saturated rings. The minimum atomic E-state index is -0.189.